The van der Waals surface area contributed by atoms with Crippen molar-refractivity contribution in [2.75, 3.05) is 42.9 Å². The number of halogens is 2. The minimum atomic E-state index is -1.98. The number of nitrogens with two attached hydrogens (primary N) is 1. The number of aryl methyl sites for hydroxylation is 1. The molecular formula is C51H65ClFN11O6S2. The molecule has 3 aliphatic heterocycles. The number of likely N-dealkylation sites (tertiary alicyclic amines) is 2. The van der Waals surface area contributed by atoms with E-state index in [1.54, 1.807) is 44.9 Å². The van der Waals surface area contributed by atoms with Crippen molar-refractivity contribution in [1.82, 2.24) is 40.4 Å². The molecule has 21 heteroatoms. The Kier molecular flexibility index (Phi) is 15.1. The number of piperidine rings is 2. The third kappa shape index (κ3) is 11.8. The maximum absolute atomic E-state index is 14.7. The van der Waals surface area contributed by atoms with Crippen LogP contribution in [-0.4, -0.2) is 133 Å². The van der Waals surface area contributed by atoms with Crippen LogP contribution in [0.5, 0.6) is 5.75 Å². The lowest BCUT2D eigenvalue weighted by Gasteiger charge is -2.40. The standard InChI is InChI=1S/C51H65ClFN11O6S2/c1-29-42(71-28-59-29)30-6-7-31(24-58-45(66)36-23-34(65)27-64(36)47(68)43(49(2,3)4)61-48(69)51(53)11-12-51)37(22-30)70-35-9-16-63(17-10-35)46(67)32-20-33(21-32)60-44-41(52)38(8-15-55-44)72-40-26-56-39(25-57-40)62-18-13-50(5,54)14-19-62/h6-8,15,22,25-26,28,32-36,43,65H,9-14,16-21,23-24,27,54H2,1-5H3,(H,55,60)(H,58,66)(H,61,69)/t32?,33?,34-,36+,43-/m1/s1. The van der Waals surface area contributed by atoms with Crippen molar-refractivity contribution in [2.45, 2.75) is 150 Å². The molecule has 9 rings (SSSR count). The Morgan fingerprint density at radius 1 is 1.01 bits per heavy atom. The predicted octanol–water partition coefficient (Wildman–Crippen LogP) is 6.30. The molecule has 6 heterocycles. The number of carbonyl (C=O) groups excluding carboxylic acids is 4. The molecule has 5 aliphatic rings. The highest BCUT2D eigenvalue weighted by Gasteiger charge is 2.53. The monoisotopic (exact) mass is 1050 g/mol. The van der Waals surface area contributed by atoms with E-state index in [9.17, 15) is 28.7 Å². The van der Waals surface area contributed by atoms with Crippen LogP contribution in [0.3, 0.4) is 0 Å². The van der Waals surface area contributed by atoms with Gasteiger partial charge in [0.25, 0.3) is 5.91 Å². The van der Waals surface area contributed by atoms with Crippen LogP contribution in [0.4, 0.5) is 16.0 Å². The van der Waals surface area contributed by atoms with Gasteiger partial charge in [-0.15, -0.1) is 11.3 Å². The fourth-order valence-corrected chi connectivity index (χ4v) is 11.6. The first-order chi connectivity index (χ1) is 34.2. The summed E-state index contributed by atoms with van der Waals surface area (Å²) < 4.78 is 21.4. The van der Waals surface area contributed by atoms with E-state index in [-0.39, 0.29) is 61.9 Å². The van der Waals surface area contributed by atoms with Crippen LogP contribution >= 0.6 is 34.7 Å². The van der Waals surface area contributed by atoms with Gasteiger partial charge >= 0.3 is 0 Å². The molecule has 72 heavy (non-hydrogen) atoms. The number of thiazole rings is 1. The summed E-state index contributed by atoms with van der Waals surface area (Å²) in [5.74, 6) is 0.144. The molecule has 1 aromatic carbocycles. The first-order valence-corrected chi connectivity index (χ1v) is 27.0. The molecule has 6 N–H and O–H groups in total. The molecule has 3 saturated heterocycles. The van der Waals surface area contributed by atoms with Crippen molar-refractivity contribution in [3.8, 4) is 16.2 Å². The molecule has 3 aromatic heterocycles. The lowest BCUT2D eigenvalue weighted by atomic mass is 9.79. The number of hydrogen-bond donors (Lipinski definition) is 5. The molecule has 0 unspecified atom stereocenters. The van der Waals surface area contributed by atoms with E-state index < -0.39 is 47.0 Å². The topological polar surface area (TPSA) is 221 Å². The first kappa shape index (κ1) is 51.7. The molecule has 0 bridgehead atoms. The van der Waals surface area contributed by atoms with Gasteiger partial charge in [-0.25, -0.2) is 24.3 Å². The zero-order valence-corrected chi connectivity index (χ0v) is 43.8. The van der Waals surface area contributed by atoms with E-state index in [4.69, 9.17) is 22.1 Å². The van der Waals surface area contributed by atoms with Crippen molar-refractivity contribution in [1.29, 1.82) is 0 Å². The number of aromatic nitrogens is 4. The number of alkyl halides is 1. The van der Waals surface area contributed by atoms with Crippen LogP contribution in [0, 0.1) is 18.3 Å². The smallest absolute Gasteiger partial charge is 0.258 e. The third-order valence-electron chi connectivity index (χ3n) is 14.7. The number of rotatable bonds is 15. The Labute approximate surface area is 433 Å². The van der Waals surface area contributed by atoms with Gasteiger partial charge in [0.1, 0.15) is 40.6 Å². The van der Waals surface area contributed by atoms with Gasteiger partial charge in [-0.2, -0.15) is 0 Å². The summed E-state index contributed by atoms with van der Waals surface area (Å²) >= 11 is 9.81. The summed E-state index contributed by atoms with van der Waals surface area (Å²) in [5, 5.41) is 21.0. The van der Waals surface area contributed by atoms with E-state index in [1.165, 1.54) is 28.0 Å². The SMILES string of the molecule is Cc1ncsc1-c1ccc(CNC(=O)[C@@H]2C[C@@H](O)CN2C(=O)[C@@H](NC(=O)C2(F)CC2)C(C)(C)C)c(OC2CCN(C(=O)C3CC(Nc4nccc(Sc5cnc(N6CCC(C)(N)CC6)cn5)c4Cl)C3)CC2)c1. The number of pyridine rings is 1. The molecule has 0 radical (unpaired) electrons. The van der Waals surface area contributed by atoms with Crippen molar-refractivity contribution < 1.29 is 33.4 Å². The highest BCUT2D eigenvalue weighted by molar-refractivity contribution is 7.99. The van der Waals surface area contributed by atoms with E-state index >= 15 is 0 Å². The van der Waals surface area contributed by atoms with E-state index in [0.29, 0.717) is 60.9 Å². The molecule has 2 saturated carbocycles. The summed E-state index contributed by atoms with van der Waals surface area (Å²) in [6.45, 7) is 12.1. The van der Waals surface area contributed by atoms with Gasteiger partial charge in [-0.1, -0.05) is 56.3 Å². The lowest BCUT2D eigenvalue weighted by Crippen LogP contribution is -2.59. The zero-order chi connectivity index (χ0) is 51.1. The minimum Gasteiger partial charge on any atom is -0.490 e. The molecule has 4 aromatic rings. The van der Waals surface area contributed by atoms with Gasteiger partial charge in [0.05, 0.1) is 39.6 Å². The second-order valence-corrected chi connectivity index (χ2v) is 23.8. The average Bonchev–Trinajstić information content (AvgIpc) is 3.74. The van der Waals surface area contributed by atoms with Crippen LogP contribution < -0.4 is 31.3 Å². The second kappa shape index (κ2) is 21.0. The van der Waals surface area contributed by atoms with Gasteiger partial charge < -0.3 is 46.2 Å². The van der Waals surface area contributed by atoms with Crippen molar-refractivity contribution >= 4 is 70.0 Å². The Hall–Kier alpha value is -5.15. The average molecular weight is 1050 g/mol. The fourth-order valence-electron chi connectivity index (χ4n) is 9.80. The first-order valence-electron chi connectivity index (χ1n) is 24.9. The van der Waals surface area contributed by atoms with Crippen molar-refractivity contribution in [3.05, 3.63) is 64.6 Å². The number of nitrogens with zero attached hydrogens (tertiary/aromatic N) is 7. The Balaban J connectivity index is 0.777. The number of benzene rings is 1. The largest absolute Gasteiger partial charge is 0.490 e. The number of aliphatic hydroxyl groups excluding tert-OH is 1. The van der Waals surface area contributed by atoms with Gasteiger partial charge in [-0.05, 0) is 75.5 Å². The Bertz CT molecular complexity index is 2640. The lowest BCUT2D eigenvalue weighted by molar-refractivity contribution is -0.145. The number of hydrogen-bond acceptors (Lipinski definition) is 15. The highest BCUT2D eigenvalue weighted by atomic mass is 35.5. The van der Waals surface area contributed by atoms with Gasteiger partial charge in [0.15, 0.2) is 5.67 Å². The van der Waals surface area contributed by atoms with Crippen molar-refractivity contribution in [2.24, 2.45) is 17.1 Å². The van der Waals surface area contributed by atoms with Crippen LogP contribution in [0.15, 0.2) is 58.3 Å². The molecular weight excluding hydrogens is 981 g/mol. The molecule has 4 amide bonds. The zero-order valence-electron chi connectivity index (χ0n) is 41.5. The maximum Gasteiger partial charge on any atom is 0.258 e. The third-order valence-corrected chi connectivity index (χ3v) is 17.1. The number of anilines is 2. The van der Waals surface area contributed by atoms with Crippen LogP contribution in [0.25, 0.3) is 10.4 Å². The van der Waals surface area contributed by atoms with Crippen molar-refractivity contribution in [3.63, 3.8) is 0 Å². The highest BCUT2D eigenvalue weighted by Crippen LogP contribution is 2.42. The fraction of sp³-hybridized carbons (Fsp3) is 0.569. The normalized spacial score (nSPS) is 23.2. The Morgan fingerprint density at radius 3 is 2.40 bits per heavy atom. The summed E-state index contributed by atoms with van der Waals surface area (Å²) in [4.78, 5) is 80.0. The Morgan fingerprint density at radius 2 is 1.75 bits per heavy atom. The van der Waals surface area contributed by atoms with E-state index in [2.05, 4.69) is 47.7 Å². The molecule has 17 nitrogen and oxygen atoms in total. The summed E-state index contributed by atoms with van der Waals surface area (Å²) in [6, 6.07) is 5.61. The van der Waals surface area contributed by atoms with Gasteiger partial charge in [-0.3, -0.25) is 19.2 Å². The number of carbonyl (C=O) groups is 4. The van der Waals surface area contributed by atoms with Gasteiger partial charge in [0, 0.05) is 92.7 Å². The van der Waals surface area contributed by atoms with Crippen LogP contribution in [0.1, 0.15) is 96.7 Å². The number of β-amino-alcohol motifs (C(OH)–C–C–N with tert-alkyl or cyclic N) is 1. The molecule has 3 atom stereocenters. The molecule has 0 spiro atoms. The number of amides is 4. The van der Waals surface area contributed by atoms with Crippen LogP contribution in [-0.2, 0) is 25.7 Å². The summed E-state index contributed by atoms with van der Waals surface area (Å²) in [5.41, 5.74) is 7.69. The second-order valence-electron chi connectivity index (χ2n) is 21.5. The number of nitrogens with one attached hydrogen (secondary N) is 3. The van der Waals surface area contributed by atoms with E-state index in [0.717, 1.165) is 57.8 Å². The predicted molar refractivity (Wildman–Crippen MR) is 275 cm³/mol. The van der Waals surface area contributed by atoms with E-state index in [1.807, 2.05) is 36.1 Å². The van der Waals surface area contributed by atoms with Gasteiger partial charge in [0.2, 0.25) is 17.7 Å². The quantitative estimate of drug-likeness (QED) is 0.0883. The summed E-state index contributed by atoms with van der Waals surface area (Å²) in [7, 11) is 0. The molecule has 2 aliphatic carbocycles. The summed E-state index contributed by atoms with van der Waals surface area (Å²) in [6.07, 6.45) is 8.69. The molecule has 386 valence electrons. The van der Waals surface area contributed by atoms with Crippen LogP contribution in [0.2, 0.25) is 5.02 Å². The number of aliphatic hydroxyl groups is 1. The number of ether oxygens (including phenoxy) is 1. The minimum absolute atomic E-state index is 0.0125. The maximum atomic E-state index is 14.7. The molecule has 5 fully saturated rings.